The van der Waals surface area contributed by atoms with Gasteiger partial charge in [0.1, 0.15) is 0 Å². The zero-order valence-electron chi connectivity index (χ0n) is 13.6. The topological polar surface area (TPSA) is 45.7 Å². The molecular formula is C18H25N3O2. The molecule has 4 rings (SSSR count). The molecule has 5 nitrogen and oxygen atoms in total. The molecule has 3 aliphatic rings. The summed E-state index contributed by atoms with van der Waals surface area (Å²) in [6.45, 7) is 5.34. The zero-order chi connectivity index (χ0) is 15.6. The minimum atomic E-state index is 0.188. The average Bonchev–Trinajstić information content (AvgIpc) is 3.32. The van der Waals surface area contributed by atoms with Crippen molar-refractivity contribution in [2.75, 3.05) is 32.8 Å². The second-order valence-electron chi connectivity index (χ2n) is 6.91. The molecule has 1 amide bonds. The predicted molar refractivity (Wildman–Crippen MR) is 86.7 cm³/mol. The van der Waals surface area contributed by atoms with Crippen molar-refractivity contribution in [3.63, 3.8) is 0 Å². The molecule has 5 heteroatoms. The van der Waals surface area contributed by atoms with Gasteiger partial charge in [-0.3, -0.25) is 14.7 Å². The zero-order valence-corrected chi connectivity index (χ0v) is 13.6. The van der Waals surface area contributed by atoms with E-state index < -0.39 is 0 Å². The molecule has 0 spiro atoms. The van der Waals surface area contributed by atoms with Gasteiger partial charge in [0.15, 0.2) is 0 Å². The quantitative estimate of drug-likeness (QED) is 0.852. The van der Waals surface area contributed by atoms with E-state index in [0.717, 1.165) is 76.5 Å². The fourth-order valence-electron chi connectivity index (χ4n) is 3.66. The van der Waals surface area contributed by atoms with Crippen LogP contribution in [0, 0.1) is 5.92 Å². The molecule has 3 fully saturated rings. The van der Waals surface area contributed by atoms with Gasteiger partial charge in [0.05, 0.1) is 30.6 Å². The van der Waals surface area contributed by atoms with Crippen LogP contribution in [-0.2, 0) is 16.1 Å². The summed E-state index contributed by atoms with van der Waals surface area (Å²) in [5.74, 6) is 0.653. The van der Waals surface area contributed by atoms with Crippen molar-refractivity contribution in [1.82, 2.24) is 14.8 Å². The summed E-state index contributed by atoms with van der Waals surface area (Å²) in [5, 5.41) is 0. The Bertz CT molecular complexity index is 567. The van der Waals surface area contributed by atoms with Crippen molar-refractivity contribution in [2.45, 2.75) is 38.3 Å². The number of carbonyl (C=O) groups excluding carboxylic acids is 1. The van der Waals surface area contributed by atoms with Gasteiger partial charge in [-0.25, -0.2) is 0 Å². The first-order chi connectivity index (χ1) is 11.3. The van der Waals surface area contributed by atoms with E-state index in [-0.39, 0.29) is 6.04 Å². The maximum absolute atomic E-state index is 12.5. The number of hydrogen-bond donors (Lipinski definition) is 0. The molecule has 2 saturated heterocycles. The predicted octanol–water partition coefficient (Wildman–Crippen LogP) is 1.99. The lowest BCUT2D eigenvalue weighted by Gasteiger charge is -2.27. The summed E-state index contributed by atoms with van der Waals surface area (Å²) in [4.78, 5) is 21.8. The Morgan fingerprint density at radius 2 is 2.00 bits per heavy atom. The van der Waals surface area contributed by atoms with E-state index in [1.807, 2.05) is 0 Å². The monoisotopic (exact) mass is 315 g/mol. The number of rotatable bonds is 4. The van der Waals surface area contributed by atoms with Gasteiger partial charge in [-0.2, -0.15) is 0 Å². The average molecular weight is 315 g/mol. The molecule has 1 aromatic heterocycles. The van der Waals surface area contributed by atoms with E-state index in [0.29, 0.717) is 11.8 Å². The highest BCUT2D eigenvalue weighted by Gasteiger charge is 2.39. The lowest BCUT2D eigenvalue weighted by Crippen LogP contribution is -2.36. The Labute approximate surface area is 137 Å². The molecule has 0 N–H and O–H groups in total. The second kappa shape index (κ2) is 6.57. The van der Waals surface area contributed by atoms with Crippen molar-refractivity contribution in [1.29, 1.82) is 0 Å². The van der Waals surface area contributed by atoms with E-state index in [9.17, 15) is 4.79 Å². The number of amides is 1. The molecule has 23 heavy (non-hydrogen) atoms. The largest absolute Gasteiger partial charge is 0.379 e. The summed E-state index contributed by atoms with van der Waals surface area (Å²) in [7, 11) is 0. The number of nitrogens with zero attached hydrogens (tertiary/aromatic N) is 3. The molecule has 1 saturated carbocycles. The molecule has 1 atom stereocenters. The van der Waals surface area contributed by atoms with Crippen molar-refractivity contribution in [3.8, 4) is 0 Å². The minimum Gasteiger partial charge on any atom is -0.379 e. The van der Waals surface area contributed by atoms with Crippen molar-refractivity contribution >= 4 is 5.91 Å². The van der Waals surface area contributed by atoms with Crippen LogP contribution in [0.2, 0.25) is 0 Å². The Hall–Kier alpha value is -1.46. The van der Waals surface area contributed by atoms with Crippen LogP contribution in [0.15, 0.2) is 18.2 Å². The number of likely N-dealkylation sites (tertiary alicyclic amines) is 1. The number of hydrogen-bond acceptors (Lipinski definition) is 4. The van der Waals surface area contributed by atoms with Crippen LogP contribution < -0.4 is 0 Å². The normalized spacial score (nSPS) is 25.7. The van der Waals surface area contributed by atoms with E-state index in [4.69, 9.17) is 9.72 Å². The van der Waals surface area contributed by atoms with E-state index in [1.165, 1.54) is 0 Å². The third-order valence-corrected chi connectivity index (χ3v) is 5.12. The highest BCUT2D eigenvalue weighted by atomic mass is 16.5. The second-order valence-corrected chi connectivity index (χ2v) is 6.91. The molecule has 1 aromatic rings. The first-order valence-corrected chi connectivity index (χ1v) is 8.88. The van der Waals surface area contributed by atoms with Crippen LogP contribution in [-0.4, -0.2) is 53.5 Å². The van der Waals surface area contributed by atoms with Gasteiger partial charge in [-0.15, -0.1) is 0 Å². The highest BCUT2D eigenvalue weighted by molar-refractivity contribution is 5.81. The maximum atomic E-state index is 12.5. The van der Waals surface area contributed by atoms with Crippen LogP contribution in [0.5, 0.6) is 0 Å². The third-order valence-electron chi connectivity index (χ3n) is 5.12. The summed E-state index contributed by atoms with van der Waals surface area (Å²) in [6, 6.07) is 6.47. The van der Waals surface area contributed by atoms with Crippen LogP contribution >= 0.6 is 0 Å². The number of pyridine rings is 1. The van der Waals surface area contributed by atoms with Crippen LogP contribution in [0.25, 0.3) is 0 Å². The van der Waals surface area contributed by atoms with Gasteiger partial charge >= 0.3 is 0 Å². The molecule has 0 aromatic carbocycles. The number of ether oxygens (including phenoxy) is 1. The molecule has 0 unspecified atom stereocenters. The summed E-state index contributed by atoms with van der Waals surface area (Å²) >= 11 is 0. The van der Waals surface area contributed by atoms with Gasteiger partial charge in [0, 0.05) is 32.1 Å². The standard InChI is InChI=1S/C18H25N3O2/c22-18(14-6-7-14)21-8-2-5-17(21)16-4-1-3-15(19-16)13-20-9-11-23-12-10-20/h1,3-4,14,17H,2,5-13H2/t17-/m0/s1. The molecule has 2 aliphatic heterocycles. The molecule has 0 radical (unpaired) electrons. The van der Waals surface area contributed by atoms with Crippen molar-refractivity contribution < 1.29 is 9.53 Å². The SMILES string of the molecule is O=C(C1CC1)N1CCC[C@H]1c1cccc(CN2CCOCC2)n1. The number of carbonyl (C=O) groups is 1. The summed E-state index contributed by atoms with van der Waals surface area (Å²) in [5.41, 5.74) is 2.18. The van der Waals surface area contributed by atoms with E-state index >= 15 is 0 Å². The van der Waals surface area contributed by atoms with Gasteiger partial charge in [-0.1, -0.05) is 6.07 Å². The maximum Gasteiger partial charge on any atom is 0.226 e. The smallest absolute Gasteiger partial charge is 0.226 e. The van der Waals surface area contributed by atoms with Gasteiger partial charge in [-0.05, 0) is 37.8 Å². The molecule has 1 aliphatic carbocycles. The number of morpholine rings is 1. The molecule has 124 valence electrons. The van der Waals surface area contributed by atoms with Crippen LogP contribution in [0.3, 0.4) is 0 Å². The number of aromatic nitrogens is 1. The molecule has 3 heterocycles. The van der Waals surface area contributed by atoms with Gasteiger partial charge in [0.25, 0.3) is 0 Å². The fraction of sp³-hybridized carbons (Fsp3) is 0.667. The Morgan fingerprint density at radius 3 is 2.78 bits per heavy atom. The van der Waals surface area contributed by atoms with E-state index in [1.54, 1.807) is 0 Å². The summed E-state index contributed by atoms with van der Waals surface area (Å²) in [6.07, 6.45) is 4.30. The Balaban J connectivity index is 1.47. The first kappa shape index (κ1) is 15.1. The van der Waals surface area contributed by atoms with Crippen molar-refractivity contribution in [2.24, 2.45) is 5.92 Å². The molecule has 0 bridgehead atoms. The van der Waals surface area contributed by atoms with Gasteiger partial charge < -0.3 is 9.64 Å². The van der Waals surface area contributed by atoms with Crippen LogP contribution in [0.1, 0.15) is 43.1 Å². The molecular weight excluding hydrogens is 290 g/mol. The van der Waals surface area contributed by atoms with Gasteiger partial charge in [0.2, 0.25) is 5.91 Å². The van der Waals surface area contributed by atoms with Crippen LogP contribution in [0.4, 0.5) is 0 Å². The van der Waals surface area contributed by atoms with E-state index in [2.05, 4.69) is 28.0 Å². The third kappa shape index (κ3) is 3.40. The fourth-order valence-corrected chi connectivity index (χ4v) is 3.66. The lowest BCUT2D eigenvalue weighted by molar-refractivity contribution is -0.133. The lowest BCUT2D eigenvalue weighted by atomic mass is 10.1. The highest BCUT2D eigenvalue weighted by Crippen LogP contribution is 2.38. The van der Waals surface area contributed by atoms with Crippen molar-refractivity contribution in [3.05, 3.63) is 29.6 Å². The summed E-state index contributed by atoms with van der Waals surface area (Å²) < 4.78 is 5.40. The Kier molecular flexibility index (Phi) is 4.31. The first-order valence-electron chi connectivity index (χ1n) is 8.88. The minimum absolute atomic E-state index is 0.188. The Morgan fingerprint density at radius 1 is 1.17 bits per heavy atom.